The largest absolute Gasteiger partial charge is 0.456 e. The van der Waals surface area contributed by atoms with Crippen LogP contribution in [0, 0.1) is 5.92 Å². The zero-order chi connectivity index (χ0) is 23.5. The van der Waals surface area contributed by atoms with Gasteiger partial charge in [0.05, 0.1) is 11.7 Å². The van der Waals surface area contributed by atoms with Crippen molar-refractivity contribution in [2.24, 2.45) is 5.92 Å². The Morgan fingerprint density at radius 3 is 2.59 bits per heavy atom. The summed E-state index contributed by atoms with van der Waals surface area (Å²) in [5.74, 6) is -0.428. The molecule has 0 bridgehead atoms. The Morgan fingerprint density at radius 2 is 1.74 bits per heavy atom. The van der Waals surface area contributed by atoms with Crippen LogP contribution in [0.2, 0.25) is 0 Å². The quantitative estimate of drug-likeness (QED) is 0.398. The SMILES string of the molecule is O=C(Nc1ccc2c(c1)oc1ccccc12)C1CCCN(S(=O)(=O)CCCc2ccccc2)C1. The number of nitrogens with one attached hydrogen (secondary N) is 1. The molecule has 1 fully saturated rings. The van der Waals surface area contributed by atoms with E-state index in [4.69, 9.17) is 4.42 Å². The first-order chi connectivity index (χ1) is 16.5. The van der Waals surface area contributed by atoms with Gasteiger partial charge in [0.25, 0.3) is 0 Å². The van der Waals surface area contributed by atoms with E-state index in [-0.39, 0.29) is 24.1 Å². The molecule has 1 saturated heterocycles. The smallest absolute Gasteiger partial charge is 0.228 e. The molecule has 0 aliphatic carbocycles. The second-order valence-electron chi connectivity index (χ2n) is 8.90. The molecule has 3 aromatic carbocycles. The first kappa shape index (κ1) is 22.6. The van der Waals surface area contributed by atoms with Gasteiger partial charge in [0.2, 0.25) is 15.9 Å². The summed E-state index contributed by atoms with van der Waals surface area (Å²) in [7, 11) is -3.40. The number of para-hydroxylation sites is 1. The van der Waals surface area contributed by atoms with Gasteiger partial charge in [-0.25, -0.2) is 12.7 Å². The summed E-state index contributed by atoms with van der Waals surface area (Å²) in [5, 5.41) is 5.00. The van der Waals surface area contributed by atoms with Crippen LogP contribution in [-0.4, -0.2) is 37.5 Å². The molecule has 1 aromatic heterocycles. The number of anilines is 1. The molecule has 34 heavy (non-hydrogen) atoms. The molecule has 1 aliphatic rings. The van der Waals surface area contributed by atoms with Gasteiger partial charge in [0.1, 0.15) is 11.2 Å². The first-order valence-electron chi connectivity index (χ1n) is 11.7. The van der Waals surface area contributed by atoms with E-state index in [1.54, 1.807) is 0 Å². The highest BCUT2D eigenvalue weighted by Crippen LogP contribution is 2.31. The van der Waals surface area contributed by atoms with Crippen molar-refractivity contribution in [1.82, 2.24) is 4.31 Å². The Morgan fingerprint density at radius 1 is 0.971 bits per heavy atom. The van der Waals surface area contributed by atoms with E-state index in [1.807, 2.05) is 72.8 Å². The van der Waals surface area contributed by atoms with Crippen molar-refractivity contribution in [1.29, 1.82) is 0 Å². The molecule has 1 atom stereocenters. The number of rotatable bonds is 7. The van der Waals surface area contributed by atoms with Crippen molar-refractivity contribution >= 4 is 43.6 Å². The standard InChI is InChI=1S/C27H28N2O4S/c30-27(28-22-14-15-24-23-12-4-5-13-25(23)33-26(24)18-22)21-11-6-16-29(19-21)34(31,32)17-7-10-20-8-2-1-3-9-20/h1-5,8-9,12-15,18,21H,6-7,10-11,16-17,19H2,(H,28,30). The first-order valence-corrected chi connectivity index (χ1v) is 13.3. The highest BCUT2D eigenvalue weighted by molar-refractivity contribution is 7.89. The lowest BCUT2D eigenvalue weighted by Crippen LogP contribution is -2.44. The van der Waals surface area contributed by atoms with Crippen LogP contribution >= 0.6 is 0 Å². The maximum atomic E-state index is 13.0. The van der Waals surface area contributed by atoms with Gasteiger partial charge in [-0.2, -0.15) is 0 Å². The number of aryl methyl sites for hydroxylation is 1. The molecule has 7 heteroatoms. The van der Waals surface area contributed by atoms with Gasteiger partial charge in [-0.05, 0) is 49.4 Å². The van der Waals surface area contributed by atoms with Gasteiger partial charge >= 0.3 is 0 Å². The summed E-state index contributed by atoms with van der Waals surface area (Å²) in [6.45, 7) is 0.703. The minimum Gasteiger partial charge on any atom is -0.456 e. The number of amides is 1. The highest BCUT2D eigenvalue weighted by atomic mass is 32.2. The number of benzene rings is 3. The van der Waals surface area contributed by atoms with Crippen LogP contribution in [0.15, 0.2) is 77.2 Å². The number of carbonyl (C=O) groups excluding carboxylic acids is 1. The number of carbonyl (C=O) groups is 1. The van der Waals surface area contributed by atoms with E-state index < -0.39 is 10.0 Å². The maximum absolute atomic E-state index is 13.0. The van der Waals surface area contributed by atoms with Gasteiger partial charge in [0, 0.05) is 35.6 Å². The fraction of sp³-hybridized carbons (Fsp3) is 0.296. The lowest BCUT2D eigenvalue weighted by Gasteiger charge is -2.31. The number of furan rings is 1. The van der Waals surface area contributed by atoms with Crippen LogP contribution < -0.4 is 5.32 Å². The van der Waals surface area contributed by atoms with E-state index >= 15 is 0 Å². The number of hydrogen-bond acceptors (Lipinski definition) is 4. The average Bonchev–Trinajstić information content (AvgIpc) is 3.22. The Balaban J connectivity index is 1.21. The zero-order valence-electron chi connectivity index (χ0n) is 18.9. The summed E-state index contributed by atoms with van der Waals surface area (Å²) >= 11 is 0. The number of sulfonamides is 1. The van der Waals surface area contributed by atoms with Gasteiger partial charge < -0.3 is 9.73 Å². The third kappa shape index (κ3) is 4.86. The summed E-state index contributed by atoms with van der Waals surface area (Å²) in [4.78, 5) is 13.0. The van der Waals surface area contributed by atoms with Crippen LogP contribution in [-0.2, 0) is 21.2 Å². The molecular formula is C27H28N2O4S. The van der Waals surface area contributed by atoms with E-state index in [0.717, 1.165) is 28.3 Å². The van der Waals surface area contributed by atoms with Crippen molar-refractivity contribution in [2.75, 3.05) is 24.2 Å². The number of piperidine rings is 1. The van der Waals surface area contributed by atoms with Crippen molar-refractivity contribution < 1.29 is 17.6 Å². The predicted octanol–water partition coefficient (Wildman–Crippen LogP) is 5.20. The van der Waals surface area contributed by atoms with Gasteiger partial charge in [-0.3, -0.25) is 4.79 Å². The lowest BCUT2D eigenvalue weighted by molar-refractivity contribution is -0.120. The molecule has 0 spiro atoms. The predicted molar refractivity (Wildman–Crippen MR) is 135 cm³/mol. The molecule has 5 rings (SSSR count). The molecule has 1 amide bonds. The third-order valence-electron chi connectivity index (χ3n) is 6.51. The highest BCUT2D eigenvalue weighted by Gasteiger charge is 2.32. The minimum absolute atomic E-state index is 0.0962. The van der Waals surface area contributed by atoms with Crippen molar-refractivity contribution in [3.63, 3.8) is 0 Å². The molecule has 4 aromatic rings. The van der Waals surface area contributed by atoms with Crippen LogP contribution in [0.5, 0.6) is 0 Å². The Labute approximate surface area is 199 Å². The Kier molecular flexibility index (Phi) is 6.39. The maximum Gasteiger partial charge on any atom is 0.228 e. The summed E-state index contributed by atoms with van der Waals surface area (Å²) in [6, 6.07) is 23.4. The van der Waals surface area contributed by atoms with E-state index in [9.17, 15) is 13.2 Å². The molecule has 2 heterocycles. The summed E-state index contributed by atoms with van der Waals surface area (Å²) in [6.07, 6.45) is 2.65. The van der Waals surface area contributed by atoms with Gasteiger partial charge in [-0.15, -0.1) is 0 Å². The Bertz CT molecular complexity index is 1410. The molecule has 1 unspecified atom stereocenters. The third-order valence-corrected chi connectivity index (χ3v) is 8.43. The zero-order valence-corrected chi connectivity index (χ0v) is 19.8. The molecular weight excluding hydrogens is 448 g/mol. The number of hydrogen-bond donors (Lipinski definition) is 1. The second-order valence-corrected chi connectivity index (χ2v) is 11.0. The van der Waals surface area contributed by atoms with Gasteiger partial charge in [-0.1, -0.05) is 48.5 Å². The monoisotopic (exact) mass is 476 g/mol. The molecule has 6 nitrogen and oxygen atoms in total. The normalized spacial score (nSPS) is 17.2. The number of fused-ring (bicyclic) bond motifs is 3. The fourth-order valence-corrected chi connectivity index (χ4v) is 6.27. The summed E-state index contributed by atoms with van der Waals surface area (Å²) in [5.41, 5.74) is 3.31. The fourth-order valence-electron chi connectivity index (χ4n) is 4.69. The van der Waals surface area contributed by atoms with Crippen molar-refractivity contribution in [3.8, 4) is 0 Å². The van der Waals surface area contributed by atoms with E-state index in [2.05, 4.69) is 5.32 Å². The molecule has 0 saturated carbocycles. The summed E-state index contributed by atoms with van der Waals surface area (Å²) < 4.78 is 33.2. The Hall–Kier alpha value is -3.16. The van der Waals surface area contributed by atoms with E-state index in [1.165, 1.54) is 4.31 Å². The number of nitrogens with zero attached hydrogens (tertiary/aromatic N) is 1. The van der Waals surface area contributed by atoms with Crippen LogP contribution in [0.1, 0.15) is 24.8 Å². The molecule has 1 aliphatic heterocycles. The lowest BCUT2D eigenvalue weighted by atomic mass is 9.98. The van der Waals surface area contributed by atoms with Crippen LogP contribution in [0.3, 0.4) is 0 Å². The molecule has 176 valence electrons. The average molecular weight is 477 g/mol. The second kappa shape index (κ2) is 9.60. The molecule has 1 N–H and O–H groups in total. The van der Waals surface area contributed by atoms with Crippen LogP contribution in [0.25, 0.3) is 21.9 Å². The van der Waals surface area contributed by atoms with Crippen LogP contribution in [0.4, 0.5) is 5.69 Å². The van der Waals surface area contributed by atoms with Crippen molar-refractivity contribution in [2.45, 2.75) is 25.7 Å². The minimum atomic E-state index is -3.40. The topological polar surface area (TPSA) is 79.6 Å². The molecule has 0 radical (unpaired) electrons. The van der Waals surface area contributed by atoms with E-state index in [0.29, 0.717) is 37.1 Å². The van der Waals surface area contributed by atoms with Crippen molar-refractivity contribution in [3.05, 3.63) is 78.4 Å². The van der Waals surface area contributed by atoms with Gasteiger partial charge in [0.15, 0.2) is 0 Å².